The summed E-state index contributed by atoms with van der Waals surface area (Å²) in [4.78, 5) is 22.7. The first-order chi connectivity index (χ1) is 16.9. The number of morpholine rings is 1. The molecule has 2 aromatic rings. The van der Waals surface area contributed by atoms with Gasteiger partial charge < -0.3 is 29.3 Å². The van der Waals surface area contributed by atoms with Gasteiger partial charge in [0, 0.05) is 30.4 Å². The SMILES string of the molecule is CC(C)OC1CCC(C(=O)N2Cc3cccnc3Nc3ccc(N4C[C@]5(C)C[C@H]4CO5)cc32)OC1. The van der Waals surface area contributed by atoms with Crippen LogP contribution in [0.4, 0.5) is 22.9 Å². The van der Waals surface area contributed by atoms with Crippen LogP contribution in [0.25, 0.3) is 0 Å². The van der Waals surface area contributed by atoms with Gasteiger partial charge in [-0.15, -0.1) is 0 Å². The number of aromatic nitrogens is 1. The zero-order valence-corrected chi connectivity index (χ0v) is 20.7. The van der Waals surface area contributed by atoms with Crippen molar-refractivity contribution in [2.75, 3.05) is 34.9 Å². The summed E-state index contributed by atoms with van der Waals surface area (Å²) in [5.41, 5.74) is 3.76. The highest BCUT2D eigenvalue weighted by molar-refractivity contribution is 6.01. The molecule has 4 atom stereocenters. The van der Waals surface area contributed by atoms with E-state index in [0.29, 0.717) is 25.6 Å². The topological polar surface area (TPSA) is 76.2 Å². The van der Waals surface area contributed by atoms with Gasteiger partial charge in [0.25, 0.3) is 5.91 Å². The van der Waals surface area contributed by atoms with E-state index in [1.54, 1.807) is 6.20 Å². The summed E-state index contributed by atoms with van der Waals surface area (Å²) in [7, 11) is 0. The number of nitrogens with one attached hydrogen (secondary N) is 1. The molecule has 186 valence electrons. The molecule has 35 heavy (non-hydrogen) atoms. The van der Waals surface area contributed by atoms with Gasteiger partial charge in [0.15, 0.2) is 0 Å². The number of fused-ring (bicyclic) bond motifs is 4. The fourth-order valence-electron chi connectivity index (χ4n) is 5.89. The lowest BCUT2D eigenvalue weighted by molar-refractivity contribution is -0.143. The van der Waals surface area contributed by atoms with Gasteiger partial charge in [-0.25, -0.2) is 4.98 Å². The van der Waals surface area contributed by atoms with E-state index in [4.69, 9.17) is 14.2 Å². The van der Waals surface area contributed by atoms with Crippen molar-refractivity contribution in [2.24, 2.45) is 0 Å². The number of pyridine rings is 1. The van der Waals surface area contributed by atoms with E-state index in [1.165, 1.54) is 0 Å². The van der Waals surface area contributed by atoms with Crippen molar-refractivity contribution in [3.63, 3.8) is 0 Å². The van der Waals surface area contributed by atoms with Gasteiger partial charge >= 0.3 is 0 Å². The summed E-state index contributed by atoms with van der Waals surface area (Å²) in [6, 6.07) is 10.7. The molecule has 3 fully saturated rings. The minimum absolute atomic E-state index is 0.0110. The van der Waals surface area contributed by atoms with Crippen LogP contribution in [0.1, 0.15) is 45.6 Å². The van der Waals surface area contributed by atoms with Crippen LogP contribution >= 0.6 is 0 Å². The molecule has 1 aromatic carbocycles. The molecule has 0 saturated carbocycles. The highest BCUT2D eigenvalue weighted by Gasteiger charge is 2.48. The molecule has 0 radical (unpaired) electrons. The monoisotopic (exact) mass is 478 g/mol. The van der Waals surface area contributed by atoms with Crippen molar-refractivity contribution >= 4 is 28.8 Å². The second kappa shape index (κ2) is 8.76. The molecule has 1 N–H and O–H groups in total. The molecule has 2 bridgehead atoms. The number of carbonyl (C=O) groups excluding carboxylic acids is 1. The second-order valence-corrected chi connectivity index (χ2v) is 10.7. The van der Waals surface area contributed by atoms with Crippen LogP contribution in [0.3, 0.4) is 0 Å². The number of nitrogens with zero attached hydrogens (tertiary/aromatic N) is 3. The van der Waals surface area contributed by atoms with Crippen molar-refractivity contribution in [3.05, 3.63) is 42.1 Å². The summed E-state index contributed by atoms with van der Waals surface area (Å²) in [5.74, 6) is 0.774. The number of carbonyl (C=O) groups is 1. The van der Waals surface area contributed by atoms with Gasteiger partial charge in [-0.1, -0.05) is 6.07 Å². The minimum Gasteiger partial charge on any atom is -0.373 e. The van der Waals surface area contributed by atoms with Gasteiger partial charge in [0.1, 0.15) is 11.9 Å². The Bertz CT molecular complexity index is 1120. The van der Waals surface area contributed by atoms with Crippen molar-refractivity contribution < 1.29 is 19.0 Å². The first-order valence-corrected chi connectivity index (χ1v) is 12.7. The lowest BCUT2D eigenvalue weighted by Crippen LogP contribution is -2.45. The van der Waals surface area contributed by atoms with E-state index in [2.05, 4.69) is 40.3 Å². The maximum Gasteiger partial charge on any atom is 0.256 e. The Hall–Kier alpha value is -2.68. The van der Waals surface area contributed by atoms with E-state index in [0.717, 1.165) is 54.4 Å². The normalized spacial score (nSPS) is 29.5. The molecule has 6 rings (SSSR count). The molecule has 4 aliphatic rings. The van der Waals surface area contributed by atoms with Crippen LogP contribution in [0.15, 0.2) is 36.5 Å². The van der Waals surface area contributed by atoms with Gasteiger partial charge in [-0.3, -0.25) is 4.79 Å². The molecule has 2 unspecified atom stereocenters. The molecule has 1 amide bonds. The van der Waals surface area contributed by atoms with Crippen LogP contribution < -0.4 is 15.1 Å². The molecular formula is C27H34N4O4. The fourth-order valence-corrected chi connectivity index (χ4v) is 5.89. The lowest BCUT2D eigenvalue weighted by atomic mass is 10.0. The Morgan fingerprint density at radius 3 is 2.86 bits per heavy atom. The Balaban J connectivity index is 1.31. The Morgan fingerprint density at radius 1 is 1.26 bits per heavy atom. The highest BCUT2D eigenvalue weighted by Crippen LogP contribution is 2.43. The summed E-state index contributed by atoms with van der Waals surface area (Å²) in [6.07, 6.45) is 4.00. The molecule has 3 saturated heterocycles. The van der Waals surface area contributed by atoms with Crippen LogP contribution in [0.2, 0.25) is 0 Å². The largest absolute Gasteiger partial charge is 0.373 e. The number of amides is 1. The first-order valence-electron chi connectivity index (χ1n) is 12.7. The van der Waals surface area contributed by atoms with E-state index < -0.39 is 6.10 Å². The maximum absolute atomic E-state index is 13.9. The van der Waals surface area contributed by atoms with Gasteiger partial charge in [0.2, 0.25) is 0 Å². The molecule has 1 aromatic heterocycles. The van der Waals surface area contributed by atoms with Crippen molar-refractivity contribution in [2.45, 2.75) is 76.5 Å². The third-order valence-electron chi connectivity index (χ3n) is 7.55. The molecule has 4 aliphatic heterocycles. The molecule has 0 aliphatic carbocycles. The van der Waals surface area contributed by atoms with E-state index in [-0.39, 0.29) is 23.7 Å². The second-order valence-electron chi connectivity index (χ2n) is 10.7. The predicted molar refractivity (Wildman–Crippen MR) is 134 cm³/mol. The Labute approximate surface area is 206 Å². The number of hydrogen-bond acceptors (Lipinski definition) is 7. The maximum atomic E-state index is 13.9. The third kappa shape index (κ3) is 4.28. The predicted octanol–water partition coefficient (Wildman–Crippen LogP) is 4.01. The standard InChI is InChI=1S/C27H34N4O4/c1-17(2)35-21-7-9-24(33-15-21)26(32)30-13-18-5-4-10-28-25(18)29-22-8-6-19(11-23(22)30)31-16-27(3)12-20(31)14-34-27/h4-6,8,10-11,17,20-21,24H,7,9,12-16H2,1-3H3,(H,28,29)/t20-,21?,24?,27-/m0/s1. The number of benzene rings is 1. The minimum atomic E-state index is -0.480. The zero-order valence-electron chi connectivity index (χ0n) is 20.7. The molecule has 0 spiro atoms. The van der Waals surface area contributed by atoms with Gasteiger partial charge in [-0.05, 0) is 57.9 Å². The summed E-state index contributed by atoms with van der Waals surface area (Å²) >= 11 is 0. The average molecular weight is 479 g/mol. The molecule has 8 heteroatoms. The van der Waals surface area contributed by atoms with Crippen LogP contribution in [0.5, 0.6) is 0 Å². The van der Waals surface area contributed by atoms with Gasteiger partial charge in [0.05, 0.1) is 55.0 Å². The molecular weight excluding hydrogens is 444 g/mol. The van der Waals surface area contributed by atoms with Crippen molar-refractivity contribution in [1.82, 2.24) is 4.98 Å². The Kier molecular flexibility index (Phi) is 5.70. The number of rotatable bonds is 4. The van der Waals surface area contributed by atoms with E-state index in [9.17, 15) is 4.79 Å². The average Bonchev–Trinajstić information content (AvgIpc) is 3.34. The third-order valence-corrected chi connectivity index (χ3v) is 7.55. The smallest absolute Gasteiger partial charge is 0.256 e. The summed E-state index contributed by atoms with van der Waals surface area (Å²) < 4.78 is 17.9. The van der Waals surface area contributed by atoms with Crippen LogP contribution in [-0.2, 0) is 25.5 Å². The van der Waals surface area contributed by atoms with E-state index in [1.807, 2.05) is 30.9 Å². The quantitative estimate of drug-likeness (QED) is 0.712. The highest BCUT2D eigenvalue weighted by atomic mass is 16.5. The molecule has 8 nitrogen and oxygen atoms in total. The van der Waals surface area contributed by atoms with Crippen LogP contribution in [0, 0.1) is 0 Å². The summed E-state index contributed by atoms with van der Waals surface area (Å²) in [6.45, 7) is 8.75. The summed E-state index contributed by atoms with van der Waals surface area (Å²) in [5, 5.41) is 3.47. The first kappa shape index (κ1) is 22.8. The van der Waals surface area contributed by atoms with E-state index >= 15 is 0 Å². The zero-order chi connectivity index (χ0) is 24.2. The number of anilines is 4. The number of hydrogen-bond donors (Lipinski definition) is 1. The van der Waals surface area contributed by atoms with Crippen molar-refractivity contribution in [3.8, 4) is 0 Å². The lowest BCUT2D eigenvalue weighted by Gasteiger charge is -2.35. The van der Waals surface area contributed by atoms with Gasteiger partial charge in [-0.2, -0.15) is 0 Å². The molecule has 5 heterocycles. The Morgan fingerprint density at radius 2 is 2.14 bits per heavy atom. The number of ether oxygens (including phenoxy) is 3. The van der Waals surface area contributed by atoms with Crippen LogP contribution in [-0.4, -0.2) is 60.6 Å². The van der Waals surface area contributed by atoms with Crippen molar-refractivity contribution in [1.29, 1.82) is 0 Å². The fraction of sp³-hybridized carbons (Fsp3) is 0.556.